The number of fused-ring (bicyclic) bond motifs is 9. The molecule has 2 aromatic heterocycles. The van der Waals surface area contributed by atoms with E-state index in [-0.39, 0.29) is 0 Å². The van der Waals surface area contributed by atoms with Crippen molar-refractivity contribution >= 4 is 92.1 Å². The largest absolute Gasteiger partial charge is 0.455 e. The highest BCUT2D eigenvalue weighted by Crippen LogP contribution is 2.48. The Bertz CT molecular complexity index is 3200. The van der Waals surface area contributed by atoms with Crippen molar-refractivity contribution in [2.75, 3.05) is 4.90 Å². The molecular weight excluding hydrogens is 663 g/mol. The highest BCUT2D eigenvalue weighted by atomic mass is 32.1. The molecule has 248 valence electrons. The molecule has 0 aliphatic rings. The van der Waals surface area contributed by atoms with E-state index in [2.05, 4.69) is 193 Å². The van der Waals surface area contributed by atoms with Crippen LogP contribution in [0.15, 0.2) is 192 Å². The van der Waals surface area contributed by atoms with Crippen molar-refractivity contribution in [2.45, 2.75) is 0 Å². The van der Waals surface area contributed by atoms with Gasteiger partial charge in [0.05, 0.1) is 16.8 Å². The van der Waals surface area contributed by atoms with Crippen molar-refractivity contribution in [2.24, 2.45) is 0 Å². The van der Waals surface area contributed by atoms with Gasteiger partial charge in [-0.25, -0.2) is 0 Å². The lowest BCUT2D eigenvalue weighted by Gasteiger charge is -2.29. The van der Waals surface area contributed by atoms with Gasteiger partial charge in [0.25, 0.3) is 0 Å². The molecule has 0 aliphatic heterocycles. The van der Waals surface area contributed by atoms with Crippen LogP contribution in [-0.4, -0.2) is 0 Å². The molecule has 3 heteroatoms. The molecule has 53 heavy (non-hydrogen) atoms. The maximum absolute atomic E-state index is 6.74. The summed E-state index contributed by atoms with van der Waals surface area (Å²) in [5.41, 5.74) is 9.76. The predicted octanol–water partition coefficient (Wildman–Crippen LogP) is 15.1. The minimum Gasteiger partial charge on any atom is -0.455 e. The van der Waals surface area contributed by atoms with Crippen molar-refractivity contribution in [1.82, 2.24) is 0 Å². The summed E-state index contributed by atoms with van der Waals surface area (Å²) in [4.78, 5) is 2.44. The average molecular weight is 694 g/mol. The van der Waals surface area contributed by atoms with Crippen LogP contribution in [0.3, 0.4) is 0 Å². The fraction of sp³-hybridized carbons (Fsp3) is 0. The van der Waals surface area contributed by atoms with Crippen LogP contribution in [0.25, 0.3) is 85.9 Å². The Kier molecular flexibility index (Phi) is 6.76. The summed E-state index contributed by atoms with van der Waals surface area (Å²) in [5, 5.41) is 9.55. The number of hydrogen-bond acceptors (Lipinski definition) is 3. The molecule has 0 atom stereocenters. The van der Waals surface area contributed by atoms with Gasteiger partial charge >= 0.3 is 0 Å². The van der Waals surface area contributed by atoms with E-state index in [4.69, 9.17) is 4.42 Å². The Morgan fingerprint density at radius 1 is 0.396 bits per heavy atom. The number of thiophene rings is 1. The van der Waals surface area contributed by atoms with Gasteiger partial charge in [-0.05, 0) is 87.4 Å². The minimum absolute atomic E-state index is 0.868. The summed E-state index contributed by atoms with van der Waals surface area (Å²) in [6.45, 7) is 0. The third-order valence-electron chi connectivity index (χ3n) is 10.6. The van der Waals surface area contributed by atoms with Crippen molar-refractivity contribution in [3.63, 3.8) is 0 Å². The highest BCUT2D eigenvalue weighted by molar-refractivity contribution is 7.25. The molecule has 0 saturated heterocycles. The number of rotatable bonds is 5. The van der Waals surface area contributed by atoms with Gasteiger partial charge in [-0.1, -0.05) is 133 Å². The lowest BCUT2D eigenvalue weighted by Crippen LogP contribution is -2.11. The van der Waals surface area contributed by atoms with Crippen LogP contribution in [0, 0.1) is 0 Å². The van der Waals surface area contributed by atoms with Gasteiger partial charge in [-0.15, -0.1) is 11.3 Å². The normalized spacial score (nSPS) is 11.8. The van der Waals surface area contributed by atoms with E-state index in [9.17, 15) is 0 Å². The Morgan fingerprint density at radius 3 is 1.98 bits per heavy atom. The molecule has 0 fully saturated rings. The summed E-state index contributed by atoms with van der Waals surface area (Å²) in [7, 11) is 0. The van der Waals surface area contributed by atoms with E-state index >= 15 is 0 Å². The Hall–Kier alpha value is -6.68. The zero-order valence-electron chi connectivity index (χ0n) is 28.7. The molecule has 11 rings (SSSR count). The van der Waals surface area contributed by atoms with Gasteiger partial charge in [0, 0.05) is 42.2 Å². The van der Waals surface area contributed by atoms with E-state index in [1.807, 2.05) is 11.3 Å². The van der Waals surface area contributed by atoms with E-state index < -0.39 is 0 Å². The van der Waals surface area contributed by atoms with Crippen LogP contribution in [0.2, 0.25) is 0 Å². The fourth-order valence-electron chi connectivity index (χ4n) is 8.23. The molecule has 2 nitrogen and oxygen atoms in total. The van der Waals surface area contributed by atoms with Gasteiger partial charge in [-0.3, -0.25) is 0 Å². The molecule has 0 spiro atoms. The number of para-hydroxylation sites is 1. The maximum Gasteiger partial charge on any atom is 0.143 e. The van der Waals surface area contributed by atoms with Crippen LogP contribution in [0.1, 0.15) is 0 Å². The first-order chi connectivity index (χ1) is 26.3. The predicted molar refractivity (Wildman–Crippen MR) is 227 cm³/mol. The molecule has 0 saturated carbocycles. The van der Waals surface area contributed by atoms with Crippen molar-refractivity contribution < 1.29 is 4.42 Å². The Labute approximate surface area is 310 Å². The van der Waals surface area contributed by atoms with Crippen LogP contribution >= 0.6 is 11.3 Å². The number of furan rings is 1. The van der Waals surface area contributed by atoms with Crippen LogP contribution in [0.4, 0.5) is 17.1 Å². The Morgan fingerprint density at radius 2 is 1.06 bits per heavy atom. The molecule has 0 amide bonds. The third-order valence-corrected chi connectivity index (χ3v) is 11.8. The molecule has 0 N–H and O–H groups in total. The molecule has 0 bridgehead atoms. The SMILES string of the molecule is c1cc(-c2cccc3ccccc23)cc(N(c2ccccc2-c2ccc3sc4ccccc4c3c2)c2cccc3oc4c5ccccc5ccc4c23)c1. The maximum atomic E-state index is 6.74. The second kappa shape index (κ2) is 11.9. The fourth-order valence-corrected chi connectivity index (χ4v) is 9.31. The number of anilines is 3. The highest BCUT2D eigenvalue weighted by Gasteiger charge is 2.23. The third kappa shape index (κ3) is 4.78. The average Bonchev–Trinajstić information content (AvgIpc) is 3.80. The second-order valence-corrected chi connectivity index (χ2v) is 14.7. The van der Waals surface area contributed by atoms with Crippen LogP contribution in [0.5, 0.6) is 0 Å². The summed E-state index contributed by atoms with van der Waals surface area (Å²) in [6, 6.07) is 68.1. The van der Waals surface area contributed by atoms with E-state index in [0.717, 1.165) is 50.0 Å². The topological polar surface area (TPSA) is 16.4 Å². The zero-order chi connectivity index (χ0) is 34.9. The first kappa shape index (κ1) is 30.0. The van der Waals surface area contributed by atoms with Crippen LogP contribution in [-0.2, 0) is 0 Å². The first-order valence-electron chi connectivity index (χ1n) is 18.0. The second-order valence-electron chi connectivity index (χ2n) is 13.7. The molecule has 2 heterocycles. The summed E-state index contributed by atoms with van der Waals surface area (Å²) >= 11 is 1.85. The smallest absolute Gasteiger partial charge is 0.143 e. The van der Waals surface area contributed by atoms with Gasteiger partial charge < -0.3 is 9.32 Å². The molecule has 0 radical (unpaired) electrons. The summed E-state index contributed by atoms with van der Waals surface area (Å²) < 4.78 is 9.35. The van der Waals surface area contributed by atoms with Crippen molar-refractivity contribution in [3.8, 4) is 22.3 Å². The van der Waals surface area contributed by atoms with Gasteiger partial charge in [-0.2, -0.15) is 0 Å². The molecule has 0 unspecified atom stereocenters. The van der Waals surface area contributed by atoms with Gasteiger partial charge in [0.1, 0.15) is 11.2 Å². The molecule has 9 aromatic carbocycles. The van der Waals surface area contributed by atoms with E-state index in [1.165, 1.54) is 53.0 Å². The zero-order valence-corrected chi connectivity index (χ0v) is 29.5. The summed E-state index contributed by atoms with van der Waals surface area (Å²) in [6.07, 6.45) is 0. The first-order valence-corrected chi connectivity index (χ1v) is 18.8. The quantitative estimate of drug-likeness (QED) is 0.178. The molecule has 11 aromatic rings. The van der Waals surface area contributed by atoms with E-state index in [0.29, 0.717) is 0 Å². The van der Waals surface area contributed by atoms with Gasteiger partial charge in [0.15, 0.2) is 0 Å². The number of hydrogen-bond donors (Lipinski definition) is 0. The van der Waals surface area contributed by atoms with Crippen molar-refractivity contribution in [3.05, 3.63) is 188 Å². The summed E-state index contributed by atoms with van der Waals surface area (Å²) in [5.74, 6) is 0. The minimum atomic E-state index is 0.868. The standard InChI is InChI=1S/C50H31NOS/c1-3-17-37-32(12-1)14-10-21-38(37)34-15-9-16-36(30-34)51(45-23-11-24-46-49(45)42-28-26-33-13-2-4-19-40(33)50(42)52-46)44-22-7-5-18-39(44)35-27-29-48-43(31-35)41-20-6-8-25-47(41)53-48/h1-31H. The Balaban J connectivity index is 1.19. The number of nitrogens with zero attached hydrogens (tertiary/aromatic N) is 1. The van der Waals surface area contributed by atoms with Gasteiger partial charge in [0.2, 0.25) is 0 Å². The monoisotopic (exact) mass is 693 g/mol. The van der Waals surface area contributed by atoms with Crippen molar-refractivity contribution in [1.29, 1.82) is 0 Å². The van der Waals surface area contributed by atoms with E-state index in [1.54, 1.807) is 0 Å². The molecular formula is C50H31NOS. The lowest BCUT2D eigenvalue weighted by molar-refractivity contribution is 0.672. The van der Waals surface area contributed by atoms with Crippen LogP contribution < -0.4 is 4.90 Å². The molecule has 0 aliphatic carbocycles. The number of benzene rings is 9. The lowest BCUT2D eigenvalue weighted by atomic mass is 9.96.